The predicted molar refractivity (Wildman–Crippen MR) is 81.6 cm³/mol. The number of carbonyl (C=O) groups excluding carboxylic acids is 1. The summed E-state index contributed by atoms with van der Waals surface area (Å²) in [5.74, 6) is 0.428. The molecule has 0 spiro atoms. The van der Waals surface area contributed by atoms with E-state index in [1.807, 2.05) is 36.1 Å². The number of aryl methyl sites for hydroxylation is 1. The predicted octanol–water partition coefficient (Wildman–Crippen LogP) is 2.60. The molecule has 1 amide bonds. The Morgan fingerprint density at radius 1 is 1.40 bits per heavy atom. The van der Waals surface area contributed by atoms with Crippen molar-refractivity contribution in [1.82, 2.24) is 10.2 Å². The van der Waals surface area contributed by atoms with E-state index in [1.165, 1.54) is 5.56 Å². The third-order valence-electron chi connectivity index (χ3n) is 3.54. The quantitative estimate of drug-likeness (QED) is 0.879. The number of nitrogens with zero attached hydrogens (tertiary/aromatic N) is 1. The second-order valence-corrected chi connectivity index (χ2v) is 5.26. The number of nitrogens with one attached hydrogen (secondary N) is 1. The normalized spacial score (nSPS) is 18.9. The first kappa shape index (κ1) is 14.9. The minimum Gasteiger partial charge on any atom is -0.451 e. The Balaban J connectivity index is 0.00000147. The van der Waals surface area contributed by atoms with Crippen molar-refractivity contribution in [3.8, 4) is 0 Å². The van der Waals surface area contributed by atoms with Gasteiger partial charge in [-0.15, -0.1) is 12.4 Å². The number of carbonyl (C=O) groups is 1. The highest BCUT2D eigenvalue weighted by Gasteiger charge is 2.24. The van der Waals surface area contributed by atoms with Crippen molar-refractivity contribution in [2.24, 2.45) is 0 Å². The van der Waals surface area contributed by atoms with Crippen molar-refractivity contribution in [2.75, 3.05) is 19.6 Å². The molecule has 1 fully saturated rings. The molecular formula is C15H19ClN2O2. The Hall–Kier alpha value is -1.52. The summed E-state index contributed by atoms with van der Waals surface area (Å²) in [6.07, 6.45) is 0. The van der Waals surface area contributed by atoms with E-state index in [4.69, 9.17) is 4.42 Å². The fourth-order valence-corrected chi connectivity index (χ4v) is 2.54. The first-order valence-electron chi connectivity index (χ1n) is 6.66. The number of rotatable bonds is 1. The topological polar surface area (TPSA) is 45.5 Å². The van der Waals surface area contributed by atoms with Gasteiger partial charge in [-0.2, -0.15) is 0 Å². The molecule has 108 valence electrons. The molecule has 1 aliphatic rings. The van der Waals surface area contributed by atoms with E-state index < -0.39 is 0 Å². The molecule has 2 heterocycles. The smallest absolute Gasteiger partial charge is 0.289 e. The van der Waals surface area contributed by atoms with Crippen molar-refractivity contribution in [3.63, 3.8) is 0 Å². The van der Waals surface area contributed by atoms with Crippen LogP contribution in [0.25, 0.3) is 11.0 Å². The Bertz CT molecular complexity index is 623. The minimum absolute atomic E-state index is 0. The van der Waals surface area contributed by atoms with Crippen LogP contribution >= 0.6 is 12.4 Å². The number of furan rings is 1. The van der Waals surface area contributed by atoms with Crippen molar-refractivity contribution < 1.29 is 9.21 Å². The number of fused-ring (bicyclic) bond motifs is 1. The average molecular weight is 295 g/mol. The lowest BCUT2D eigenvalue weighted by Gasteiger charge is -2.31. The molecule has 1 atom stereocenters. The highest BCUT2D eigenvalue weighted by atomic mass is 35.5. The molecule has 5 heteroatoms. The zero-order valence-electron chi connectivity index (χ0n) is 11.7. The van der Waals surface area contributed by atoms with Gasteiger partial charge in [0.05, 0.1) is 0 Å². The fraction of sp³-hybridized carbons (Fsp3) is 0.400. The van der Waals surface area contributed by atoms with Crippen LogP contribution in [0.3, 0.4) is 0 Å². The van der Waals surface area contributed by atoms with E-state index in [1.54, 1.807) is 0 Å². The van der Waals surface area contributed by atoms with Crippen molar-refractivity contribution in [2.45, 2.75) is 19.9 Å². The van der Waals surface area contributed by atoms with Gasteiger partial charge in [-0.05, 0) is 32.0 Å². The van der Waals surface area contributed by atoms with Crippen LogP contribution in [0.2, 0.25) is 0 Å². The first-order valence-corrected chi connectivity index (χ1v) is 6.66. The molecule has 1 saturated heterocycles. The van der Waals surface area contributed by atoms with Gasteiger partial charge in [-0.25, -0.2) is 0 Å². The Kier molecular flexibility index (Phi) is 4.35. The zero-order valence-corrected chi connectivity index (χ0v) is 12.5. The molecule has 0 unspecified atom stereocenters. The van der Waals surface area contributed by atoms with Crippen LogP contribution in [0.15, 0.2) is 28.7 Å². The van der Waals surface area contributed by atoms with Gasteiger partial charge in [-0.1, -0.05) is 11.6 Å². The SMILES string of the molecule is Cc1ccc2oc(C(=O)N3CCN[C@@H](C)C3)cc2c1.Cl. The molecule has 1 aliphatic heterocycles. The fourth-order valence-electron chi connectivity index (χ4n) is 2.54. The maximum Gasteiger partial charge on any atom is 0.289 e. The number of benzene rings is 1. The second kappa shape index (κ2) is 5.85. The van der Waals surface area contributed by atoms with Crippen LogP contribution < -0.4 is 5.32 Å². The monoisotopic (exact) mass is 294 g/mol. The number of halogens is 1. The van der Waals surface area contributed by atoms with Crippen LogP contribution in [-0.2, 0) is 0 Å². The number of hydrogen-bond acceptors (Lipinski definition) is 3. The lowest BCUT2D eigenvalue weighted by atomic mass is 10.2. The van der Waals surface area contributed by atoms with Crippen LogP contribution in [-0.4, -0.2) is 36.5 Å². The van der Waals surface area contributed by atoms with Crippen LogP contribution in [0.4, 0.5) is 0 Å². The summed E-state index contributed by atoms with van der Waals surface area (Å²) in [5, 5.41) is 4.32. The molecule has 0 saturated carbocycles. The molecule has 1 N–H and O–H groups in total. The summed E-state index contributed by atoms with van der Waals surface area (Å²) in [6, 6.07) is 8.13. The third-order valence-corrected chi connectivity index (χ3v) is 3.54. The van der Waals surface area contributed by atoms with Crippen LogP contribution in [0.1, 0.15) is 23.0 Å². The number of hydrogen-bond donors (Lipinski definition) is 1. The summed E-state index contributed by atoms with van der Waals surface area (Å²) in [7, 11) is 0. The van der Waals surface area contributed by atoms with Crippen LogP contribution in [0.5, 0.6) is 0 Å². The van der Waals surface area contributed by atoms with Gasteiger partial charge in [0.2, 0.25) is 0 Å². The van der Waals surface area contributed by atoms with Gasteiger partial charge in [0.1, 0.15) is 5.58 Å². The maximum atomic E-state index is 12.4. The lowest BCUT2D eigenvalue weighted by Crippen LogP contribution is -2.51. The third kappa shape index (κ3) is 2.81. The highest BCUT2D eigenvalue weighted by Crippen LogP contribution is 2.22. The van der Waals surface area contributed by atoms with Crippen molar-refractivity contribution in [1.29, 1.82) is 0 Å². The van der Waals surface area contributed by atoms with E-state index in [2.05, 4.69) is 12.2 Å². The molecule has 2 aromatic rings. The van der Waals surface area contributed by atoms with Gasteiger partial charge in [0.15, 0.2) is 5.76 Å². The molecule has 0 bridgehead atoms. The largest absolute Gasteiger partial charge is 0.451 e. The van der Waals surface area contributed by atoms with E-state index in [-0.39, 0.29) is 18.3 Å². The average Bonchev–Trinajstić information content (AvgIpc) is 2.80. The van der Waals surface area contributed by atoms with Crippen molar-refractivity contribution in [3.05, 3.63) is 35.6 Å². The number of piperazine rings is 1. The van der Waals surface area contributed by atoms with E-state index in [0.717, 1.165) is 30.6 Å². The summed E-state index contributed by atoms with van der Waals surface area (Å²) in [5.41, 5.74) is 1.94. The Morgan fingerprint density at radius 3 is 2.95 bits per heavy atom. The van der Waals surface area contributed by atoms with Gasteiger partial charge < -0.3 is 14.6 Å². The second-order valence-electron chi connectivity index (χ2n) is 5.26. The summed E-state index contributed by atoms with van der Waals surface area (Å²) in [6.45, 7) is 6.42. The van der Waals surface area contributed by atoms with Gasteiger partial charge >= 0.3 is 0 Å². The molecule has 1 aromatic carbocycles. The van der Waals surface area contributed by atoms with E-state index in [9.17, 15) is 4.79 Å². The van der Waals surface area contributed by atoms with Gasteiger partial charge in [-0.3, -0.25) is 4.79 Å². The van der Waals surface area contributed by atoms with Gasteiger partial charge in [0, 0.05) is 31.1 Å². The van der Waals surface area contributed by atoms with Crippen molar-refractivity contribution >= 4 is 29.3 Å². The molecule has 3 rings (SSSR count). The summed E-state index contributed by atoms with van der Waals surface area (Å²) >= 11 is 0. The number of amides is 1. The zero-order chi connectivity index (χ0) is 13.4. The van der Waals surface area contributed by atoms with E-state index in [0.29, 0.717) is 11.8 Å². The van der Waals surface area contributed by atoms with E-state index >= 15 is 0 Å². The Morgan fingerprint density at radius 2 is 2.20 bits per heavy atom. The Labute approximate surface area is 124 Å². The minimum atomic E-state index is -0.0118. The highest BCUT2D eigenvalue weighted by molar-refractivity contribution is 5.96. The molecule has 4 nitrogen and oxygen atoms in total. The molecule has 1 aromatic heterocycles. The molecule has 20 heavy (non-hydrogen) atoms. The summed E-state index contributed by atoms with van der Waals surface area (Å²) in [4.78, 5) is 14.3. The summed E-state index contributed by atoms with van der Waals surface area (Å²) < 4.78 is 5.66. The van der Waals surface area contributed by atoms with Gasteiger partial charge in [0.25, 0.3) is 5.91 Å². The standard InChI is InChI=1S/C15H18N2O2.ClH/c1-10-3-4-13-12(7-10)8-14(19-13)15(18)17-6-5-16-11(2)9-17;/h3-4,7-8,11,16H,5-6,9H2,1-2H3;1H/t11-;/m0./s1. The molecule has 0 radical (unpaired) electrons. The first-order chi connectivity index (χ1) is 9.13. The maximum absolute atomic E-state index is 12.4. The van der Waals surface area contributed by atoms with Crippen LogP contribution in [0, 0.1) is 6.92 Å². The lowest BCUT2D eigenvalue weighted by molar-refractivity contribution is 0.0679. The molecular weight excluding hydrogens is 276 g/mol. The molecule has 0 aliphatic carbocycles.